The summed E-state index contributed by atoms with van der Waals surface area (Å²) in [4.78, 5) is 13.5. The van der Waals surface area contributed by atoms with E-state index in [0.29, 0.717) is 41.0 Å². The summed E-state index contributed by atoms with van der Waals surface area (Å²) in [6, 6.07) is 12.4. The van der Waals surface area contributed by atoms with E-state index in [2.05, 4.69) is 42.1 Å². The lowest BCUT2D eigenvalue weighted by Crippen LogP contribution is -2.31. The van der Waals surface area contributed by atoms with Crippen LogP contribution >= 0.6 is 15.9 Å². The SMILES string of the molecule is CCOc1ccccc1NC(=O)C1=C(C)Nc2nnnn2C1c1ccc(OC)c(Br)c1. The fraction of sp³-hybridized carbons (Fsp3) is 0.238. The summed E-state index contributed by atoms with van der Waals surface area (Å²) in [7, 11) is 1.60. The zero-order chi connectivity index (χ0) is 22.0. The Morgan fingerprint density at radius 1 is 1.26 bits per heavy atom. The van der Waals surface area contributed by atoms with E-state index in [1.165, 1.54) is 0 Å². The molecule has 4 rings (SSSR count). The number of carbonyl (C=O) groups excluding carboxylic acids is 1. The lowest BCUT2D eigenvalue weighted by molar-refractivity contribution is -0.113. The molecule has 2 N–H and O–H groups in total. The summed E-state index contributed by atoms with van der Waals surface area (Å²) in [5, 5.41) is 18.0. The van der Waals surface area contributed by atoms with E-state index in [1.54, 1.807) is 17.9 Å². The van der Waals surface area contributed by atoms with Crippen LogP contribution in [-0.2, 0) is 4.79 Å². The van der Waals surface area contributed by atoms with Gasteiger partial charge in [0.2, 0.25) is 5.95 Å². The van der Waals surface area contributed by atoms with Gasteiger partial charge in [-0.1, -0.05) is 23.3 Å². The van der Waals surface area contributed by atoms with Crippen molar-refractivity contribution in [3.8, 4) is 11.5 Å². The number of halogens is 1. The highest BCUT2D eigenvalue weighted by molar-refractivity contribution is 9.10. The van der Waals surface area contributed by atoms with Gasteiger partial charge in [-0.15, -0.1) is 0 Å². The van der Waals surface area contributed by atoms with E-state index in [9.17, 15) is 4.79 Å². The number of rotatable bonds is 6. The lowest BCUT2D eigenvalue weighted by Gasteiger charge is -2.28. The molecule has 1 unspecified atom stereocenters. The van der Waals surface area contributed by atoms with Gasteiger partial charge in [0.1, 0.15) is 17.5 Å². The Hall–Kier alpha value is -3.40. The molecule has 0 bridgehead atoms. The first-order valence-electron chi connectivity index (χ1n) is 9.65. The number of amides is 1. The Bertz CT molecular complexity index is 1160. The van der Waals surface area contributed by atoms with Crippen molar-refractivity contribution in [2.75, 3.05) is 24.4 Å². The van der Waals surface area contributed by atoms with Gasteiger partial charge in [0.25, 0.3) is 5.91 Å². The smallest absolute Gasteiger partial charge is 0.255 e. The van der Waals surface area contributed by atoms with Gasteiger partial charge in [0, 0.05) is 5.70 Å². The normalized spacial score (nSPS) is 15.2. The van der Waals surface area contributed by atoms with Crippen molar-refractivity contribution in [2.24, 2.45) is 0 Å². The highest BCUT2D eigenvalue weighted by atomic mass is 79.9. The number of anilines is 2. The lowest BCUT2D eigenvalue weighted by atomic mass is 9.95. The van der Waals surface area contributed by atoms with Crippen LogP contribution < -0.4 is 20.1 Å². The molecule has 0 aliphatic carbocycles. The molecule has 2 aromatic carbocycles. The fourth-order valence-corrected chi connectivity index (χ4v) is 4.07. The molecule has 0 fully saturated rings. The second-order valence-electron chi connectivity index (χ2n) is 6.79. The Kier molecular flexibility index (Phi) is 5.90. The maximum Gasteiger partial charge on any atom is 0.255 e. The Balaban J connectivity index is 1.76. The van der Waals surface area contributed by atoms with E-state index in [4.69, 9.17) is 9.47 Å². The Labute approximate surface area is 187 Å². The average molecular weight is 485 g/mol. The number of hydrogen-bond acceptors (Lipinski definition) is 7. The molecule has 10 heteroatoms. The van der Waals surface area contributed by atoms with Gasteiger partial charge < -0.3 is 20.1 Å². The zero-order valence-electron chi connectivity index (χ0n) is 17.2. The summed E-state index contributed by atoms with van der Waals surface area (Å²) in [6.07, 6.45) is 0. The molecule has 9 nitrogen and oxygen atoms in total. The highest BCUT2D eigenvalue weighted by Crippen LogP contribution is 2.38. The molecular weight excluding hydrogens is 464 g/mol. The van der Waals surface area contributed by atoms with Gasteiger partial charge in [0.05, 0.1) is 29.4 Å². The third-order valence-corrected chi connectivity index (χ3v) is 5.51. The number of allylic oxidation sites excluding steroid dienone is 1. The molecule has 2 heterocycles. The maximum atomic E-state index is 13.5. The second kappa shape index (κ2) is 8.76. The van der Waals surface area contributed by atoms with Crippen LogP contribution in [0.2, 0.25) is 0 Å². The van der Waals surface area contributed by atoms with Crippen molar-refractivity contribution in [1.29, 1.82) is 0 Å². The van der Waals surface area contributed by atoms with Crippen LogP contribution in [0.4, 0.5) is 11.6 Å². The van der Waals surface area contributed by atoms with Gasteiger partial charge in [0.15, 0.2) is 0 Å². The summed E-state index contributed by atoms with van der Waals surface area (Å²) < 4.78 is 13.3. The number of para-hydroxylation sites is 2. The number of nitrogens with one attached hydrogen (secondary N) is 2. The Morgan fingerprint density at radius 2 is 2.06 bits per heavy atom. The molecular formula is C21H21BrN6O3. The van der Waals surface area contributed by atoms with Gasteiger partial charge in [-0.3, -0.25) is 4.79 Å². The average Bonchev–Trinajstić information content (AvgIpc) is 3.22. The molecule has 31 heavy (non-hydrogen) atoms. The molecule has 1 aliphatic heterocycles. The van der Waals surface area contributed by atoms with Gasteiger partial charge >= 0.3 is 0 Å². The van der Waals surface area contributed by atoms with E-state index in [-0.39, 0.29) is 5.91 Å². The van der Waals surface area contributed by atoms with Crippen LogP contribution in [0.25, 0.3) is 0 Å². The minimum absolute atomic E-state index is 0.282. The Morgan fingerprint density at radius 3 is 2.81 bits per heavy atom. The number of methoxy groups -OCH3 is 1. The van der Waals surface area contributed by atoms with Gasteiger partial charge in [-0.05, 0) is 70.0 Å². The van der Waals surface area contributed by atoms with Crippen molar-refractivity contribution >= 4 is 33.5 Å². The fourth-order valence-electron chi connectivity index (χ4n) is 3.51. The largest absolute Gasteiger partial charge is 0.496 e. The molecule has 3 aromatic rings. The maximum absolute atomic E-state index is 13.5. The van der Waals surface area contributed by atoms with Crippen molar-refractivity contribution in [2.45, 2.75) is 19.9 Å². The quantitative estimate of drug-likeness (QED) is 0.548. The third kappa shape index (κ3) is 3.98. The molecule has 0 saturated heterocycles. The van der Waals surface area contributed by atoms with Crippen LogP contribution in [0, 0.1) is 0 Å². The minimum Gasteiger partial charge on any atom is -0.496 e. The standard InChI is InChI=1S/C21H21BrN6O3/c1-4-31-17-8-6-5-7-15(17)24-20(29)18-12(2)23-21-25-26-27-28(21)19(18)13-9-10-16(30-3)14(22)11-13/h5-11,19H,4H2,1-3H3,(H,24,29)(H,23,25,27). The number of aromatic nitrogens is 4. The van der Waals surface area contributed by atoms with Gasteiger partial charge in [-0.2, -0.15) is 4.68 Å². The predicted molar refractivity (Wildman–Crippen MR) is 119 cm³/mol. The highest BCUT2D eigenvalue weighted by Gasteiger charge is 2.34. The molecule has 160 valence electrons. The number of benzene rings is 2. The molecule has 0 spiro atoms. The van der Waals surface area contributed by atoms with Crippen LogP contribution in [0.3, 0.4) is 0 Å². The van der Waals surface area contributed by atoms with Crippen LogP contribution in [0.1, 0.15) is 25.5 Å². The number of carbonyl (C=O) groups is 1. The number of ether oxygens (including phenoxy) is 2. The summed E-state index contributed by atoms with van der Waals surface area (Å²) in [5.41, 5.74) is 2.56. The first-order chi connectivity index (χ1) is 15.0. The van der Waals surface area contributed by atoms with Crippen molar-refractivity contribution in [3.63, 3.8) is 0 Å². The summed E-state index contributed by atoms with van der Waals surface area (Å²) >= 11 is 3.52. The number of hydrogen-bond donors (Lipinski definition) is 2. The number of tetrazole rings is 1. The molecule has 0 saturated carbocycles. The van der Waals surface area contributed by atoms with Gasteiger partial charge in [-0.25, -0.2) is 0 Å². The minimum atomic E-state index is -0.535. The summed E-state index contributed by atoms with van der Waals surface area (Å²) in [6.45, 7) is 4.22. The number of nitrogens with zero attached hydrogens (tertiary/aromatic N) is 4. The topological polar surface area (TPSA) is 103 Å². The molecule has 1 aliphatic rings. The predicted octanol–water partition coefficient (Wildman–Crippen LogP) is 3.77. The molecule has 0 radical (unpaired) electrons. The van der Waals surface area contributed by atoms with Crippen molar-refractivity contribution in [1.82, 2.24) is 20.2 Å². The third-order valence-electron chi connectivity index (χ3n) is 4.89. The van der Waals surface area contributed by atoms with E-state index >= 15 is 0 Å². The molecule has 1 amide bonds. The first-order valence-corrected chi connectivity index (χ1v) is 10.4. The van der Waals surface area contributed by atoms with Crippen molar-refractivity contribution < 1.29 is 14.3 Å². The molecule has 1 atom stereocenters. The zero-order valence-corrected chi connectivity index (χ0v) is 18.8. The summed E-state index contributed by atoms with van der Waals surface area (Å²) in [5.74, 6) is 1.47. The van der Waals surface area contributed by atoms with Crippen LogP contribution in [0.5, 0.6) is 11.5 Å². The molecule has 1 aromatic heterocycles. The van der Waals surface area contributed by atoms with Crippen LogP contribution in [0.15, 0.2) is 58.2 Å². The van der Waals surface area contributed by atoms with E-state index < -0.39 is 6.04 Å². The van der Waals surface area contributed by atoms with Crippen LogP contribution in [-0.4, -0.2) is 39.8 Å². The van der Waals surface area contributed by atoms with Crippen molar-refractivity contribution in [3.05, 3.63) is 63.8 Å². The first kappa shape index (κ1) is 20.9. The monoisotopic (exact) mass is 484 g/mol. The van der Waals surface area contributed by atoms with E-state index in [1.807, 2.05) is 50.2 Å². The van der Waals surface area contributed by atoms with E-state index in [0.717, 1.165) is 10.0 Å². The second-order valence-corrected chi connectivity index (χ2v) is 7.64. The number of fused-ring (bicyclic) bond motifs is 1.